The summed E-state index contributed by atoms with van der Waals surface area (Å²) in [6.45, 7) is 4.19. The summed E-state index contributed by atoms with van der Waals surface area (Å²) in [4.78, 5) is 2.19. The Labute approximate surface area is 86.3 Å². The van der Waals surface area contributed by atoms with Crippen LogP contribution in [0.4, 0.5) is 0 Å². The first kappa shape index (κ1) is 10.7. The fourth-order valence-corrected chi connectivity index (χ4v) is 1.62. The average molecular weight is 201 g/mol. The predicted molar refractivity (Wildman–Crippen MR) is 59.6 cm³/mol. The number of nitrogens with zero attached hydrogens (tertiary/aromatic N) is 3. The summed E-state index contributed by atoms with van der Waals surface area (Å²) in [5, 5.41) is 4.03. The normalized spacial score (nSPS) is 15.8. The predicted octanol–water partition coefficient (Wildman–Crippen LogP) is 2.32. The molecule has 76 valence electrons. The largest absolute Gasteiger partial charge is 0.341 e. The molecule has 1 heterocycles. The Morgan fingerprint density at radius 2 is 2.08 bits per heavy atom. The molecule has 0 spiro atoms. The third kappa shape index (κ3) is 4.41. The lowest BCUT2D eigenvalue weighted by atomic mass is 10.1. The zero-order valence-electron chi connectivity index (χ0n) is 8.32. The molecule has 0 unspecified atom stereocenters. The standard InChI is InChI=1S/C9H19N3S/c1-2-3-4-5-6-7-11-8-10-12(13)9-11/h8,13H,2-7,9H2,1H3. The summed E-state index contributed by atoms with van der Waals surface area (Å²) in [5.41, 5.74) is 0. The third-order valence-electron chi connectivity index (χ3n) is 2.21. The highest BCUT2D eigenvalue weighted by Gasteiger charge is 2.08. The molecule has 3 nitrogen and oxygen atoms in total. The van der Waals surface area contributed by atoms with Gasteiger partial charge in [-0.15, -0.1) is 0 Å². The van der Waals surface area contributed by atoms with Crippen molar-refractivity contribution in [3.63, 3.8) is 0 Å². The van der Waals surface area contributed by atoms with Crippen LogP contribution in [0.1, 0.15) is 39.0 Å². The Kier molecular flexibility index (Phi) is 5.05. The smallest absolute Gasteiger partial charge is 0.120 e. The molecule has 1 rings (SSSR count). The van der Waals surface area contributed by atoms with E-state index in [9.17, 15) is 0 Å². The molecule has 0 radical (unpaired) electrons. The van der Waals surface area contributed by atoms with E-state index in [1.807, 2.05) is 6.34 Å². The van der Waals surface area contributed by atoms with Crippen LogP contribution in [0.25, 0.3) is 0 Å². The van der Waals surface area contributed by atoms with E-state index in [4.69, 9.17) is 0 Å². The summed E-state index contributed by atoms with van der Waals surface area (Å²) in [6, 6.07) is 0. The summed E-state index contributed by atoms with van der Waals surface area (Å²) in [5.74, 6) is 0. The van der Waals surface area contributed by atoms with Crippen LogP contribution in [0.15, 0.2) is 5.10 Å². The van der Waals surface area contributed by atoms with Gasteiger partial charge in [-0.1, -0.05) is 32.6 Å². The van der Waals surface area contributed by atoms with Crippen molar-refractivity contribution < 1.29 is 0 Å². The van der Waals surface area contributed by atoms with Crippen molar-refractivity contribution in [3.05, 3.63) is 0 Å². The van der Waals surface area contributed by atoms with Crippen LogP contribution < -0.4 is 0 Å². The molecule has 0 N–H and O–H groups in total. The zero-order chi connectivity index (χ0) is 9.52. The van der Waals surface area contributed by atoms with Gasteiger partial charge in [-0.3, -0.25) is 0 Å². The lowest BCUT2D eigenvalue weighted by Gasteiger charge is -2.14. The molecule has 0 aromatic heterocycles. The highest BCUT2D eigenvalue weighted by Crippen LogP contribution is 2.07. The van der Waals surface area contributed by atoms with E-state index < -0.39 is 0 Å². The van der Waals surface area contributed by atoms with Gasteiger partial charge < -0.3 is 4.90 Å². The van der Waals surface area contributed by atoms with Gasteiger partial charge in [-0.05, 0) is 19.2 Å². The Bertz CT molecular complexity index is 161. The minimum atomic E-state index is 0.830. The second-order valence-corrected chi connectivity index (χ2v) is 3.93. The quantitative estimate of drug-likeness (QED) is 0.525. The first-order valence-corrected chi connectivity index (χ1v) is 5.47. The van der Waals surface area contributed by atoms with E-state index in [2.05, 4.69) is 29.7 Å². The Balaban J connectivity index is 1.92. The van der Waals surface area contributed by atoms with Gasteiger partial charge in [0.25, 0.3) is 0 Å². The van der Waals surface area contributed by atoms with E-state index >= 15 is 0 Å². The van der Waals surface area contributed by atoms with Crippen molar-refractivity contribution >= 4 is 19.2 Å². The molecule has 13 heavy (non-hydrogen) atoms. The summed E-state index contributed by atoms with van der Waals surface area (Å²) in [7, 11) is 0. The molecular formula is C9H19N3S. The van der Waals surface area contributed by atoms with E-state index in [0.717, 1.165) is 13.2 Å². The van der Waals surface area contributed by atoms with Gasteiger partial charge in [0.15, 0.2) is 0 Å². The molecule has 0 saturated carbocycles. The molecule has 1 aliphatic heterocycles. The van der Waals surface area contributed by atoms with Gasteiger partial charge >= 0.3 is 0 Å². The van der Waals surface area contributed by atoms with Gasteiger partial charge in [-0.2, -0.15) is 5.10 Å². The van der Waals surface area contributed by atoms with Gasteiger partial charge in [0.1, 0.15) is 13.0 Å². The first-order valence-electron chi connectivity index (χ1n) is 5.07. The Morgan fingerprint density at radius 1 is 1.31 bits per heavy atom. The second kappa shape index (κ2) is 6.13. The third-order valence-corrected chi connectivity index (χ3v) is 2.44. The molecule has 0 saturated heterocycles. The highest BCUT2D eigenvalue weighted by molar-refractivity contribution is 7.77. The van der Waals surface area contributed by atoms with Crippen molar-refractivity contribution in [2.24, 2.45) is 5.10 Å². The minimum absolute atomic E-state index is 0.830. The van der Waals surface area contributed by atoms with Crippen LogP contribution in [0.3, 0.4) is 0 Å². The van der Waals surface area contributed by atoms with Crippen molar-refractivity contribution in [2.45, 2.75) is 39.0 Å². The molecule has 0 bridgehead atoms. The maximum absolute atomic E-state index is 4.12. The van der Waals surface area contributed by atoms with Crippen LogP contribution in [0.2, 0.25) is 0 Å². The molecule has 0 aromatic carbocycles. The van der Waals surface area contributed by atoms with E-state index in [-0.39, 0.29) is 0 Å². The summed E-state index contributed by atoms with van der Waals surface area (Å²) >= 11 is 4.12. The van der Waals surface area contributed by atoms with E-state index in [0.29, 0.717) is 0 Å². The van der Waals surface area contributed by atoms with Gasteiger partial charge in [-0.25, -0.2) is 4.41 Å². The zero-order valence-corrected chi connectivity index (χ0v) is 9.21. The fraction of sp³-hybridized carbons (Fsp3) is 0.889. The van der Waals surface area contributed by atoms with Crippen LogP contribution in [-0.2, 0) is 0 Å². The Hall–Kier alpha value is -0.380. The monoisotopic (exact) mass is 201 g/mol. The molecule has 0 fully saturated rings. The second-order valence-electron chi connectivity index (χ2n) is 3.47. The number of hydrogen-bond donors (Lipinski definition) is 1. The fourth-order valence-electron chi connectivity index (χ4n) is 1.42. The van der Waals surface area contributed by atoms with Crippen molar-refractivity contribution in [3.8, 4) is 0 Å². The lowest BCUT2D eigenvalue weighted by Crippen LogP contribution is -2.23. The topological polar surface area (TPSA) is 18.8 Å². The number of hydrogen-bond acceptors (Lipinski definition) is 4. The first-order chi connectivity index (χ1) is 6.33. The molecule has 0 aromatic rings. The molecule has 1 aliphatic rings. The highest BCUT2D eigenvalue weighted by atomic mass is 32.1. The maximum Gasteiger partial charge on any atom is 0.120 e. The number of hydrazone groups is 1. The summed E-state index contributed by atoms with van der Waals surface area (Å²) in [6.07, 6.45) is 8.53. The molecule has 0 amide bonds. The van der Waals surface area contributed by atoms with Crippen molar-refractivity contribution in [1.82, 2.24) is 9.31 Å². The van der Waals surface area contributed by atoms with Crippen LogP contribution in [0, 0.1) is 0 Å². The summed E-state index contributed by atoms with van der Waals surface area (Å²) < 4.78 is 1.66. The molecule has 0 aliphatic carbocycles. The molecular weight excluding hydrogens is 182 g/mol. The van der Waals surface area contributed by atoms with E-state index in [1.54, 1.807) is 4.41 Å². The number of thiol groups is 1. The maximum atomic E-state index is 4.12. The SMILES string of the molecule is CCCCCCCN1C=NN(S)C1. The Morgan fingerprint density at radius 3 is 2.69 bits per heavy atom. The van der Waals surface area contributed by atoms with Gasteiger partial charge in [0.05, 0.1) is 0 Å². The minimum Gasteiger partial charge on any atom is -0.341 e. The van der Waals surface area contributed by atoms with E-state index in [1.165, 1.54) is 32.1 Å². The van der Waals surface area contributed by atoms with Crippen LogP contribution >= 0.6 is 12.8 Å². The lowest BCUT2D eigenvalue weighted by molar-refractivity contribution is 0.350. The van der Waals surface area contributed by atoms with Crippen LogP contribution in [-0.4, -0.2) is 28.9 Å². The molecule has 0 atom stereocenters. The van der Waals surface area contributed by atoms with Crippen molar-refractivity contribution in [2.75, 3.05) is 13.2 Å². The van der Waals surface area contributed by atoms with Gasteiger partial charge in [0, 0.05) is 6.54 Å². The number of rotatable bonds is 6. The van der Waals surface area contributed by atoms with Crippen molar-refractivity contribution in [1.29, 1.82) is 0 Å². The average Bonchev–Trinajstić information content (AvgIpc) is 2.51. The number of unbranched alkanes of at least 4 members (excludes halogenated alkanes) is 4. The van der Waals surface area contributed by atoms with Gasteiger partial charge in [0.2, 0.25) is 0 Å². The van der Waals surface area contributed by atoms with Crippen LogP contribution in [0.5, 0.6) is 0 Å². The molecule has 4 heteroatoms.